The van der Waals surface area contributed by atoms with Crippen molar-refractivity contribution in [2.24, 2.45) is 5.92 Å². The highest BCUT2D eigenvalue weighted by atomic mass is 35.5. The Morgan fingerprint density at radius 2 is 2.23 bits per heavy atom. The number of benzene rings is 1. The molecule has 0 saturated heterocycles. The molecule has 1 N–H and O–H groups in total. The summed E-state index contributed by atoms with van der Waals surface area (Å²) in [6.45, 7) is 4.76. The molecule has 0 fully saturated rings. The van der Waals surface area contributed by atoms with Crippen LogP contribution < -0.4 is 10.1 Å². The smallest absolute Gasteiger partial charge is 0.312 e. The van der Waals surface area contributed by atoms with Crippen molar-refractivity contribution < 1.29 is 14.5 Å². The molecular weight excluding hydrogens is 310 g/mol. The molecule has 118 valence electrons. The van der Waals surface area contributed by atoms with Gasteiger partial charge in [-0.2, -0.15) is 5.26 Å². The number of carbonyl (C=O) groups excluding carboxylic acids is 1. The van der Waals surface area contributed by atoms with E-state index in [-0.39, 0.29) is 22.4 Å². The molecular formula is C14H16ClN3O4. The van der Waals surface area contributed by atoms with Gasteiger partial charge in [0.2, 0.25) is 0 Å². The Labute approximate surface area is 133 Å². The van der Waals surface area contributed by atoms with E-state index in [1.54, 1.807) is 20.8 Å². The van der Waals surface area contributed by atoms with Gasteiger partial charge < -0.3 is 10.1 Å². The molecule has 0 spiro atoms. The van der Waals surface area contributed by atoms with E-state index in [2.05, 4.69) is 5.32 Å². The standard InChI is InChI=1S/C14H16ClN3O4/c1-9(2)14(3,8-16)17-13(19)7-22-12-5-4-10(15)6-11(12)18(20)21/h4-6,9H,7H2,1-3H3,(H,17,19). The predicted molar refractivity (Wildman–Crippen MR) is 80.6 cm³/mol. The lowest BCUT2D eigenvalue weighted by atomic mass is 9.90. The fourth-order valence-electron chi connectivity index (χ4n) is 1.53. The summed E-state index contributed by atoms with van der Waals surface area (Å²) < 4.78 is 5.16. The topological polar surface area (TPSA) is 105 Å². The lowest BCUT2D eigenvalue weighted by Crippen LogP contribution is -2.50. The Morgan fingerprint density at radius 1 is 1.59 bits per heavy atom. The van der Waals surface area contributed by atoms with Crippen LogP contribution in [0.4, 0.5) is 5.69 Å². The number of nitrogens with one attached hydrogen (secondary N) is 1. The average molecular weight is 326 g/mol. The first-order valence-electron chi connectivity index (χ1n) is 6.48. The van der Waals surface area contributed by atoms with Gasteiger partial charge in [-0.25, -0.2) is 0 Å². The van der Waals surface area contributed by atoms with Gasteiger partial charge in [0.15, 0.2) is 12.4 Å². The molecule has 1 atom stereocenters. The number of nitro benzene ring substituents is 1. The lowest BCUT2D eigenvalue weighted by molar-refractivity contribution is -0.385. The Bertz CT molecular complexity index is 627. The highest BCUT2D eigenvalue weighted by Gasteiger charge is 2.30. The molecule has 1 aromatic rings. The van der Waals surface area contributed by atoms with E-state index in [1.165, 1.54) is 12.1 Å². The number of hydrogen-bond donors (Lipinski definition) is 1. The molecule has 0 aliphatic heterocycles. The zero-order chi connectivity index (χ0) is 16.9. The van der Waals surface area contributed by atoms with Gasteiger partial charge in [-0.3, -0.25) is 14.9 Å². The second-order valence-electron chi connectivity index (χ2n) is 5.17. The van der Waals surface area contributed by atoms with Gasteiger partial charge in [-0.05, 0) is 25.0 Å². The van der Waals surface area contributed by atoms with E-state index < -0.39 is 23.0 Å². The molecule has 1 amide bonds. The molecule has 1 rings (SSSR count). The Balaban J connectivity index is 2.77. The van der Waals surface area contributed by atoms with Gasteiger partial charge in [0, 0.05) is 11.1 Å². The van der Waals surface area contributed by atoms with Gasteiger partial charge in [0.05, 0.1) is 11.0 Å². The molecule has 7 nitrogen and oxygen atoms in total. The van der Waals surface area contributed by atoms with Crippen molar-refractivity contribution in [3.8, 4) is 11.8 Å². The van der Waals surface area contributed by atoms with Crippen LogP contribution in [0.25, 0.3) is 0 Å². The summed E-state index contributed by atoms with van der Waals surface area (Å²) in [5.41, 5.74) is -1.36. The third-order valence-electron chi connectivity index (χ3n) is 3.26. The van der Waals surface area contributed by atoms with E-state index in [0.29, 0.717) is 0 Å². The van der Waals surface area contributed by atoms with Crippen LogP contribution in [0.2, 0.25) is 5.02 Å². The summed E-state index contributed by atoms with van der Waals surface area (Å²) in [6.07, 6.45) is 0. The third kappa shape index (κ3) is 4.33. The quantitative estimate of drug-likeness (QED) is 0.639. The first-order chi connectivity index (χ1) is 10.2. The summed E-state index contributed by atoms with van der Waals surface area (Å²) in [4.78, 5) is 22.1. The number of amides is 1. The van der Waals surface area contributed by atoms with Gasteiger partial charge in [-0.15, -0.1) is 0 Å². The molecule has 1 aromatic carbocycles. The number of rotatable bonds is 6. The predicted octanol–water partition coefficient (Wildman–Crippen LogP) is 2.68. The Hall–Kier alpha value is -2.33. The molecule has 0 bridgehead atoms. The fourth-order valence-corrected chi connectivity index (χ4v) is 1.69. The van der Waals surface area contributed by atoms with Gasteiger partial charge in [0.25, 0.3) is 5.91 Å². The normalized spacial score (nSPS) is 13.1. The van der Waals surface area contributed by atoms with E-state index in [9.17, 15) is 14.9 Å². The highest BCUT2D eigenvalue weighted by Crippen LogP contribution is 2.29. The third-order valence-corrected chi connectivity index (χ3v) is 3.50. The fraction of sp³-hybridized carbons (Fsp3) is 0.429. The van der Waals surface area contributed by atoms with Crippen molar-refractivity contribution in [2.45, 2.75) is 26.3 Å². The van der Waals surface area contributed by atoms with Crippen molar-refractivity contribution in [1.29, 1.82) is 5.26 Å². The molecule has 0 aromatic heterocycles. The summed E-state index contributed by atoms with van der Waals surface area (Å²) in [7, 11) is 0. The molecule has 0 aliphatic carbocycles. The molecule has 0 aliphatic rings. The minimum atomic E-state index is -1.04. The monoisotopic (exact) mass is 325 g/mol. The van der Waals surface area contributed by atoms with Crippen LogP contribution in [-0.4, -0.2) is 23.0 Å². The molecule has 22 heavy (non-hydrogen) atoms. The number of nitro groups is 1. The number of carbonyl (C=O) groups is 1. The SMILES string of the molecule is CC(C)C(C)(C#N)NC(=O)COc1ccc(Cl)cc1[N+](=O)[O-]. The van der Waals surface area contributed by atoms with Crippen LogP contribution in [0, 0.1) is 27.4 Å². The van der Waals surface area contributed by atoms with Crippen LogP contribution in [0.15, 0.2) is 18.2 Å². The van der Waals surface area contributed by atoms with Crippen LogP contribution in [0.1, 0.15) is 20.8 Å². The molecule has 0 heterocycles. The zero-order valence-corrected chi connectivity index (χ0v) is 13.2. The van der Waals surface area contributed by atoms with Crippen molar-refractivity contribution in [1.82, 2.24) is 5.32 Å². The van der Waals surface area contributed by atoms with Crippen LogP contribution in [0.3, 0.4) is 0 Å². The van der Waals surface area contributed by atoms with E-state index in [0.717, 1.165) is 6.07 Å². The van der Waals surface area contributed by atoms with Gasteiger partial charge in [-0.1, -0.05) is 25.4 Å². The second-order valence-corrected chi connectivity index (χ2v) is 5.61. The summed E-state index contributed by atoms with van der Waals surface area (Å²) in [6, 6.07) is 5.92. The minimum Gasteiger partial charge on any atom is -0.477 e. The Morgan fingerprint density at radius 3 is 2.73 bits per heavy atom. The van der Waals surface area contributed by atoms with Crippen molar-refractivity contribution >= 4 is 23.2 Å². The molecule has 0 radical (unpaired) electrons. The van der Waals surface area contributed by atoms with E-state index in [1.807, 2.05) is 6.07 Å². The molecule has 1 unspecified atom stereocenters. The first-order valence-corrected chi connectivity index (χ1v) is 6.86. The van der Waals surface area contributed by atoms with Crippen molar-refractivity contribution in [2.75, 3.05) is 6.61 Å². The maximum absolute atomic E-state index is 11.9. The van der Waals surface area contributed by atoms with Gasteiger partial charge >= 0.3 is 5.69 Å². The summed E-state index contributed by atoms with van der Waals surface area (Å²) in [5.74, 6) is -0.707. The van der Waals surface area contributed by atoms with E-state index >= 15 is 0 Å². The van der Waals surface area contributed by atoms with Gasteiger partial charge in [0.1, 0.15) is 5.54 Å². The second kappa shape index (κ2) is 7.09. The maximum Gasteiger partial charge on any atom is 0.312 e. The largest absolute Gasteiger partial charge is 0.477 e. The average Bonchev–Trinajstić information content (AvgIpc) is 2.45. The van der Waals surface area contributed by atoms with Crippen LogP contribution in [0.5, 0.6) is 5.75 Å². The minimum absolute atomic E-state index is 0.0623. The first kappa shape index (κ1) is 17.7. The molecule has 0 saturated carbocycles. The maximum atomic E-state index is 11.9. The number of nitrogens with zero attached hydrogens (tertiary/aromatic N) is 2. The number of halogens is 1. The van der Waals surface area contributed by atoms with Crippen LogP contribution >= 0.6 is 11.6 Å². The zero-order valence-electron chi connectivity index (χ0n) is 12.4. The van der Waals surface area contributed by atoms with E-state index in [4.69, 9.17) is 21.6 Å². The van der Waals surface area contributed by atoms with Crippen molar-refractivity contribution in [3.05, 3.63) is 33.3 Å². The number of hydrogen-bond acceptors (Lipinski definition) is 5. The molecule has 8 heteroatoms. The highest BCUT2D eigenvalue weighted by molar-refractivity contribution is 6.30. The summed E-state index contributed by atoms with van der Waals surface area (Å²) >= 11 is 5.69. The Kier molecular flexibility index (Phi) is 5.71. The van der Waals surface area contributed by atoms with Crippen molar-refractivity contribution in [3.63, 3.8) is 0 Å². The number of nitriles is 1. The summed E-state index contributed by atoms with van der Waals surface area (Å²) in [5, 5.41) is 22.8. The lowest BCUT2D eigenvalue weighted by Gasteiger charge is -2.27. The number of ether oxygens (including phenoxy) is 1. The van der Waals surface area contributed by atoms with Crippen LogP contribution in [-0.2, 0) is 4.79 Å².